The molecule has 0 aliphatic heterocycles. The normalized spacial score (nSPS) is 11.5. The number of carbonyl (C=O) groups is 1. The molecule has 3 rings (SSSR count). The fourth-order valence-corrected chi connectivity index (χ4v) is 2.37. The number of methoxy groups -OCH3 is 1. The minimum absolute atomic E-state index is 0.0584. The van der Waals surface area contributed by atoms with Gasteiger partial charge in [0.2, 0.25) is 0 Å². The number of aromatic amines is 1. The molecular formula is C16H11ClF2N2O4. The topological polar surface area (TPSA) is 84.4 Å². The Morgan fingerprint density at radius 2 is 2.00 bits per heavy atom. The maximum absolute atomic E-state index is 13.2. The van der Waals surface area contributed by atoms with E-state index in [0.717, 1.165) is 0 Å². The second-order valence-corrected chi connectivity index (χ2v) is 5.47. The summed E-state index contributed by atoms with van der Waals surface area (Å²) in [4.78, 5) is 17.9. The van der Waals surface area contributed by atoms with Crippen molar-refractivity contribution in [2.24, 2.45) is 0 Å². The number of rotatable bonds is 5. The number of benzene rings is 2. The zero-order valence-electron chi connectivity index (χ0n) is 12.7. The molecule has 0 saturated carbocycles. The summed E-state index contributed by atoms with van der Waals surface area (Å²) in [5, 5.41) is 9.00. The number of aromatic nitrogens is 2. The highest BCUT2D eigenvalue weighted by molar-refractivity contribution is 6.31. The van der Waals surface area contributed by atoms with Crippen LogP contribution in [0.1, 0.15) is 0 Å². The van der Waals surface area contributed by atoms with Crippen LogP contribution in [-0.2, 0) is 4.79 Å². The van der Waals surface area contributed by atoms with E-state index in [1.54, 1.807) is 18.2 Å². The van der Waals surface area contributed by atoms with Crippen molar-refractivity contribution in [3.05, 3.63) is 41.4 Å². The number of nitrogens with one attached hydrogen (secondary N) is 1. The lowest BCUT2D eigenvalue weighted by Crippen LogP contribution is -2.34. The summed E-state index contributed by atoms with van der Waals surface area (Å²) in [6.07, 6.45) is -4.37. The van der Waals surface area contributed by atoms with Gasteiger partial charge in [-0.15, -0.1) is 0 Å². The largest absolute Gasteiger partial charge is 0.502 e. The van der Waals surface area contributed by atoms with Crippen molar-refractivity contribution in [1.29, 1.82) is 0 Å². The van der Waals surface area contributed by atoms with Crippen LogP contribution in [0.15, 0.2) is 36.4 Å². The molecule has 6 nitrogen and oxygen atoms in total. The van der Waals surface area contributed by atoms with Gasteiger partial charge in [0.1, 0.15) is 5.82 Å². The summed E-state index contributed by atoms with van der Waals surface area (Å²) in [6, 6.07) is 9.18. The van der Waals surface area contributed by atoms with Crippen LogP contribution >= 0.6 is 11.6 Å². The minimum atomic E-state index is -4.37. The molecule has 0 atom stereocenters. The van der Waals surface area contributed by atoms with Gasteiger partial charge >= 0.3 is 12.1 Å². The molecule has 0 aliphatic rings. The highest BCUT2D eigenvalue weighted by Crippen LogP contribution is 2.35. The number of alkyl halides is 2. The molecular weight excluding hydrogens is 358 g/mol. The van der Waals surface area contributed by atoms with Crippen molar-refractivity contribution in [1.82, 2.24) is 9.97 Å². The third-order valence-electron chi connectivity index (χ3n) is 3.37. The lowest BCUT2D eigenvalue weighted by molar-refractivity contribution is -0.211. The lowest BCUT2D eigenvalue weighted by atomic mass is 10.2. The first-order valence-corrected chi connectivity index (χ1v) is 7.32. The molecule has 0 fully saturated rings. The summed E-state index contributed by atoms with van der Waals surface area (Å²) in [7, 11) is 1.25. The molecule has 0 radical (unpaired) electrons. The average molecular weight is 369 g/mol. The first kappa shape index (κ1) is 17.0. The zero-order chi connectivity index (χ0) is 18.2. The summed E-state index contributed by atoms with van der Waals surface area (Å²) in [5.41, 5.74) is 1.92. The molecule has 0 saturated heterocycles. The van der Waals surface area contributed by atoms with Gasteiger partial charge in [0.05, 0.1) is 18.1 Å². The summed E-state index contributed by atoms with van der Waals surface area (Å²) in [5.74, 6) is -2.39. The van der Waals surface area contributed by atoms with E-state index in [-0.39, 0.29) is 5.75 Å². The third kappa shape index (κ3) is 3.34. The standard InChI is InChI=1S/C16H11ClF2N2O4/c1-24-13-6-8(2-5-12(13)25-16(18,19)15(22)23)14-20-10-4-3-9(17)7-11(10)21-14/h2-7H,1H3,(H,20,21)(H,22,23). The van der Waals surface area contributed by atoms with Gasteiger partial charge in [0.15, 0.2) is 11.5 Å². The van der Waals surface area contributed by atoms with Crippen LogP contribution in [0.3, 0.4) is 0 Å². The monoisotopic (exact) mass is 368 g/mol. The molecule has 2 aromatic carbocycles. The maximum Gasteiger partial charge on any atom is 0.502 e. The van der Waals surface area contributed by atoms with Gasteiger partial charge in [-0.2, -0.15) is 8.78 Å². The van der Waals surface area contributed by atoms with Crippen LogP contribution in [0.2, 0.25) is 5.02 Å². The molecule has 3 aromatic rings. The third-order valence-corrected chi connectivity index (χ3v) is 3.60. The highest BCUT2D eigenvalue weighted by atomic mass is 35.5. The fraction of sp³-hybridized carbons (Fsp3) is 0.125. The number of hydrogen-bond donors (Lipinski definition) is 2. The molecule has 1 aromatic heterocycles. The predicted molar refractivity (Wildman–Crippen MR) is 86.3 cm³/mol. The van der Waals surface area contributed by atoms with E-state index in [1.807, 2.05) is 0 Å². The molecule has 25 heavy (non-hydrogen) atoms. The molecule has 2 N–H and O–H groups in total. The Balaban J connectivity index is 1.99. The van der Waals surface area contributed by atoms with Gasteiger partial charge in [-0.3, -0.25) is 0 Å². The molecule has 0 amide bonds. The number of halogens is 3. The minimum Gasteiger partial charge on any atom is -0.493 e. The second kappa shape index (κ2) is 6.21. The second-order valence-electron chi connectivity index (χ2n) is 5.04. The van der Waals surface area contributed by atoms with Crippen LogP contribution in [0.5, 0.6) is 11.5 Å². The van der Waals surface area contributed by atoms with Gasteiger partial charge in [-0.05, 0) is 36.4 Å². The van der Waals surface area contributed by atoms with E-state index in [4.69, 9.17) is 21.4 Å². The number of imidazole rings is 1. The number of hydrogen-bond acceptors (Lipinski definition) is 4. The van der Waals surface area contributed by atoms with Crippen LogP contribution in [0.25, 0.3) is 22.4 Å². The van der Waals surface area contributed by atoms with Crippen LogP contribution < -0.4 is 9.47 Å². The van der Waals surface area contributed by atoms with Crippen molar-refractivity contribution >= 4 is 28.6 Å². The van der Waals surface area contributed by atoms with Crippen molar-refractivity contribution < 1.29 is 28.2 Å². The number of carboxylic acid groups (broad SMARTS) is 1. The van der Waals surface area contributed by atoms with Crippen molar-refractivity contribution in [3.8, 4) is 22.9 Å². The van der Waals surface area contributed by atoms with Crippen LogP contribution in [0.4, 0.5) is 8.78 Å². The van der Waals surface area contributed by atoms with E-state index in [1.165, 1.54) is 25.3 Å². The number of carboxylic acids is 1. The molecule has 1 heterocycles. The fourth-order valence-electron chi connectivity index (χ4n) is 2.20. The predicted octanol–water partition coefficient (Wildman–Crippen LogP) is 3.95. The van der Waals surface area contributed by atoms with E-state index < -0.39 is 17.8 Å². The van der Waals surface area contributed by atoms with Gasteiger partial charge < -0.3 is 19.6 Å². The SMILES string of the molecule is COc1cc(-c2nc3ccc(Cl)cc3[nH]2)ccc1OC(F)(F)C(=O)O. The summed E-state index contributed by atoms with van der Waals surface area (Å²) in [6.45, 7) is 0. The number of ether oxygens (including phenoxy) is 2. The Morgan fingerprint density at radius 3 is 2.68 bits per heavy atom. The zero-order valence-corrected chi connectivity index (χ0v) is 13.5. The van der Waals surface area contributed by atoms with E-state index >= 15 is 0 Å². The molecule has 9 heteroatoms. The van der Waals surface area contributed by atoms with Crippen molar-refractivity contribution in [2.75, 3.05) is 7.11 Å². The van der Waals surface area contributed by atoms with E-state index in [0.29, 0.717) is 27.4 Å². The quantitative estimate of drug-likeness (QED) is 0.712. The molecule has 0 aliphatic carbocycles. The highest BCUT2D eigenvalue weighted by Gasteiger charge is 2.43. The van der Waals surface area contributed by atoms with Gasteiger partial charge in [-0.1, -0.05) is 11.6 Å². The Labute approximate surface area is 145 Å². The average Bonchev–Trinajstić information content (AvgIpc) is 2.97. The Bertz CT molecular complexity index is 958. The number of aliphatic carboxylic acids is 1. The van der Waals surface area contributed by atoms with Crippen molar-refractivity contribution in [3.63, 3.8) is 0 Å². The summed E-state index contributed by atoms with van der Waals surface area (Å²) < 4.78 is 35.7. The first-order chi connectivity index (χ1) is 11.8. The number of fused-ring (bicyclic) bond motifs is 1. The van der Waals surface area contributed by atoms with Gasteiger partial charge in [-0.25, -0.2) is 9.78 Å². The van der Waals surface area contributed by atoms with Gasteiger partial charge in [0.25, 0.3) is 0 Å². The Morgan fingerprint density at radius 1 is 1.24 bits per heavy atom. The maximum atomic E-state index is 13.2. The van der Waals surface area contributed by atoms with Crippen molar-refractivity contribution in [2.45, 2.75) is 6.11 Å². The van der Waals surface area contributed by atoms with Crippen LogP contribution in [0, 0.1) is 0 Å². The number of H-pyrrole nitrogens is 1. The Hall–Kier alpha value is -2.87. The molecule has 0 bridgehead atoms. The van der Waals surface area contributed by atoms with Gasteiger partial charge in [0, 0.05) is 10.6 Å². The Kier molecular flexibility index (Phi) is 4.22. The van der Waals surface area contributed by atoms with Crippen LogP contribution in [-0.4, -0.2) is 34.3 Å². The van der Waals surface area contributed by atoms with E-state index in [2.05, 4.69) is 14.7 Å². The first-order valence-electron chi connectivity index (χ1n) is 6.94. The molecule has 0 spiro atoms. The lowest BCUT2D eigenvalue weighted by Gasteiger charge is -2.16. The van der Waals surface area contributed by atoms with E-state index in [9.17, 15) is 13.6 Å². The molecule has 130 valence electrons. The molecule has 0 unspecified atom stereocenters. The summed E-state index contributed by atoms with van der Waals surface area (Å²) >= 11 is 5.93. The smallest absolute Gasteiger partial charge is 0.493 e. The number of nitrogens with zero attached hydrogens (tertiary/aromatic N) is 1.